The first kappa shape index (κ1) is 19.9. The molecule has 2 heterocycles. The number of aromatic nitrogens is 1. The van der Waals surface area contributed by atoms with E-state index in [1.165, 1.54) is 36.1 Å². The van der Waals surface area contributed by atoms with E-state index < -0.39 is 17.7 Å². The van der Waals surface area contributed by atoms with Crippen molar-refractivity contribution in [1.29, 1.82) is 0 Å². The number of ether oxygens (including phenoxy) is 1. The van der Waals surface area contributed by atoms with Crippen molar-refractivity contribution >= 4 is 57.6 Å². The van der Waals surface area contributed by atoms with Crippen LogP contribution >= 0.6 is 22.9 Å². The number of nitrogens with zero attached hydrogens (tertiary/aromatic N) is 3. The average molecular weight is 442 g/mol. The predicted octanol–water partition coefficient (Wildman–Crippen LogP) is 4.96. The first-order valence-corrected chi connectivity index (χ1v) is 9.97. The number of aliphatic imine (C=N–C) groups is 1. The van der Waals surface area contributed by atoms with Crippen LogP contribution < -0.4 is 4.90 Å². The Bertz CT molecular complexity index is 1200. The molecule has 30 heavy (non-hydrogen) atoms. The zero-order valence-corrected chi connectivity index (χ0v) is 17.1. The molecule has 0 atom stereocenters. The van der Waals surface area contributed by atoms with Crippen LogP contribution in [-0.2, 0) is 14.3 Å². The fourth-order valence-corrected chi connectivity index (χ4v) is 3.71. The number of cyclic esters (lactones) is 1. The predicted molar refractivity (Wildman–Crippen MR) is 113 cm³/mol. The summed E-state index contributed by atoms with van der Waals surface area (Å²) < 4.78 is 19.4. The van der Waals surface area contributed by atoms with Gasteiger partial charge in [0, 0.05) is 22.9 Å². The number of rotatable bonds is 4. The van der Waals surface area contributed by atoms with Gasteiger partial charge in [-0.1, -0.05) is 23.7 Å². The minimum absolute atomic E-state index is 0.0667. The van der Waals surface area contributed by atoms with Gasteiger partial charge in [0.05, 0.1) is 11.4 Å². The Kier molecular flexibility index (Phi) is 5.43. The maximum Gasteiger partial charge on any atom is 0.363 e. The van der Waals surface area contributed by atoms with Crippen LogP contribution in [0.25, 0.3) is 6.08 Å². The number of benzene rings is 2. The second-order valence-electron chi connectivity index (χ2n) is 6.20. The van der Waals surface area contributed by atoms with Gasteiger partial charge in [-0.05, 0) is 42.5 Å². The zero-order valence-electron chi connectivity index (χ0n) is 15.5. The van der Waals surface area contributed by atoms with Crippen LogP contribution in [0.3, 0.4) is 0 Å². The molecule has 2 aromatic carbocycles. The first-order valence-electron chi connectivity index (χ1n) is 8.71. The SMILES string of the molecule is CC(=O)N(c1nc(/C=C2/N=C(c3ccc(Cl)cc3)OC2=O)cs1)c1ccccc1F. The quantitative estimate of drug-likeness (QED) is 0.423. The lowest BCUT2D eigenvalue weighted by Gasteiger charge is -2.18. The third-order valence-electron chi connectivity index (χ3n) is 4.11. The highest BCUT2D eigenvalue weighted by Crippen LogP contribution is 2.31. The van der Waals surface area contributed by atoms with Gasteiger partial charge in [0.1, 0.15) is 5.82 Å². The van der Waals surface area contributed by atoms with Crippen LogP contribution in [0.2, 0.25) is 5.02 Å². The van der Waals surface area contributed by atoms with E-state index in [4.69, 9.17) is 16.3 Å². The lowest BCUT2D eigenvalue weighted by atomic mass is 10.2. The molecule has 0 aliphatic carbocycles. The maximum absolute atomic E-state index is 14.2. The Labute approximate surface area is 179 Å². The number of amides is 1. The molecule has 0 spiro atoms. The molecule has 9 heteroatoms. The number of thiazole rings is 1. The van der Waals surface area contributed by atoms with E-state index in [2.05, 4.69) is 9.98 Å². The maximum atomic E-state index is 14.2. The topological polar surface area (TPSA) is 71.9 Å². The minimum Gasteiger partial charge on any atom is -0.402 e. The van der Waals surface area contributed by atoms with Crippen molar-refractivity contribution < 1.29 is 18.7 Å². The van der Waals surface area contributed by atoms with Gasteiger partial charge in [0.25, 0.3) is 0 Å². The standard InChI is InChI=1S/C21H13ClFN3O3S/c1-12(27)26(18-5-3-2-4-16(18)23)21-24-15(11-30-21)10-17-20(28)29-19(25-17)13-6-8-14(22)9-7-13/h2-11H,1H3/b17-10+. The molecule has 0 bridgehead atoms. The van der Waals surface area contributed by atoms with Crippen LogP contribution in [0, 0.1) is 5.82 Å². The molecule has 0 saturated heterocycles. The summed E-state index contributed by atoms with van der Waals surface area (Å²) in [6.07, 6.45) is 1.45. The molecule has 0 saturated carbocycles. The lowest BCUT2D eigenvalue weighted by molar-refractivity contribution is -0.130. The summed E-state index contributed by atoms with van der Waals surface area (Å²) in [4.78, 5) is 34.0. The third-order valence-corrected chi connectivity index (χ3v) is 5.20. The summed E-state index contributed by atoms with van der Waals surface area (Å²) >= 11 is 7.01. The van der Waals surface area contributed by atoms with Gasteiger partial charge in [-0.15, -0.1) is 11.3 Å². The van der Waals surface area contributed by atoms with Crippen molar-refractivity contribution in [3.63, 3.8) is 0 Å². The number of hydrogen-bond donors (Lipinski definition) is 0. The molecule has 6 nitrogen and oxygen atoms in total. The minimum atomic E-state index is -0.618. The monoisotopic (exact) mass is 441 g/mol. The van der Waals surface area contributed by atoms with Gasteiger partial charge in [0.15, 0.2) is 10.8 Å². The number of esters is 1. The molecule has 0 N–H and O–H groups in total. The number of halogens is 2. The molecule has 3 aromatic rings. The summed E-state index contributed by atoms with van der Waals surface area (Å²) in [6, 6.07) is 12.6. The van der Waals surface area contributed by atoms with Crippen molar-refractivity contribution in [3.8, 4) is 0 Å². The number of para-hydroxylation sites is 1. The molecule has 1 amide bonds. The van der Waals surface area contributed by atoms with Crippen LogP contribution in [-0.4, -0.2) is 22.8 Å². The molecule has 1 aromatic heterocycles. The molecular formula is C21H13ClFN3O3S. The summed E-state index contributed by atoms with van der Waals surface area (Å²) in [5, 5.41) is 2.47. The van der Waals surface area contributed by atoms with Crippen molar-refractivity contribution in [3.05, 3.63) is 81.7 Å². The van der Waals surface area contributed by atoms with Crippen molar-refractivity contribution in [2.45, 2.75) is 6.92 Å². The lowest BCUT2D eigenvalue weighted by Crippen LogP contribution is -2.23. The van der Waals surface area contributed by atoms with Gasteiger partial charge in [0.2, 0.25) is 11.8 Å². The fraction of sp³-hybridized carbons (Fsp3) is 0.0476. The molecule has 1 aliphatic rings. The molecule has 0 unspecified atom stereocenters. The molecule has 4 rings (SSSR count). The molecule has 0 radical (unpaired) electrons. The van der Waals surface area contributed by atoms with Gasteiger partial charge >= 0.3 is 5.97 Å². The van der Waals surface area contributed by atoms with E-state index in [9.17, 15) is 14.0 Å². The van der Waals surface area contributed by atoms with Crippen molar-refractivity contribution in [2.24, 2.45) is 4.99 Å². The number of anilines is 2. The Hall–Kier alpha value is -3.36. The van der Waals surface area contributed by atoms with Crippen LogP contribution in [0.15, 0.2) is 64.6 Å². The number of hydrogen-bond acceptors (Lipinski definition) is 6. The van der Waals surface area contributed by atoms with Crippen molar-refractivity contribution in [2.75, 3.05) is 4.90 Å². The number of carbonyl (C=O) groups excluding carboxylic acids is 2. The molecular weight excluding hydrogens is 429 g/mol. The van der Waals surface area contributed by atoms with Gasteiger partial charge < -0.3 is 4.74 Å². The van der Waals surface area contributed by atoms with Gasteiger partial charge in [-0.3, -0.25) is 9.69 Å². The van der Waals surface area contributed by atoms with Crippen LogP contribution in [0.5, 0.6) is 0 Å². The normalized spacial score (nSPS) is 14.6. The number of carbonyl (C=O) groups is 2. The average Bonchev–Trinajstić information content (AvgIpc) is 3.31. The summed E-state index contributed by atoms with van der Waals surface area (Å²) in [7, 11) is 0. The van der Waals surface area contributed by atoms with Crippen LogP contribution in [0.1, 0.15) is 18.2 Å². The van der Waals surface area contributed by atoms with Gasteiger partial charge in [-0.25, -0.2) is 19.2 Å². The zero-order chi connectivity index (χ0) is 21.3. The smallest absolute Gasteiger partial charge is 0.363 e. The van der Waals surface area contributed by atoms with Crippen LogP contribution in [0.4, 0.5) is 15.2 Å². The Morgan fingerprint density at radius 3 is 2.63 bits per heavy atom. The van der Waals surface area contributed by atoms with E-state index in [0.29, 0.717) is 16.3 Å². The molecule has 1 aliphatic heterocycles. The fourth-order valence-electron chi connectivity index (χ4n) is 2.75. The van der Waals surface area contributed by atoms with E-state index in [1.807, 2.05) is 0 Å². The third kappa shape index (κ3) is 4.00. The highest BCUT2D eigenvalue weighted by molar-refractivity contribution is 7.14. The Balaban J connectivity index is 1.64. The molecule has 0 fully saturated rings. The second kappa shape index (κ2) is 8.17. The van der Waals surface area contributed by atoms with Gasteiger partial charge in [-0.2, -0.15) is 0 Å². The van der Waals surface area contributed by atoms with Crippen molar-refractivity contribution in [1.82, 2.24) is 4.98 Å². The van der Waals surface area contributed by atoms with E-state index >= 15 is 0 Å². The highest BCUT2D eigenvalue weighted by atomic mass is 35.5. The Morgan fingerprint density at radius 1 is 1.20 bits per heavy atom. The largest absolute Gasteiger partial charge is 0.402 e. The molecule has 150 valence electrons. The first-order chi connectivity index (χ1) is 14.4. The highest BCUT2D eigenvalue weighted by Gasteiger charge is 2.25. The summed E-state index contributed by atoms with van der Waals surface area (Å²) in [5.74, 6) is -1.39. The van der Waals surface area contributed by atoms with E-state index in [0.717, 1.165) is 11.3 Å². The summed E-state index contributed by atoms with van der Waals surface area (Å²) in [6.45, 7) is 1.32. The second-order valence-corrected chi connectivity index (χ2v) is 7.48. The Morgan fingerprint density at radius 2 is 1.93 bits per heavy atom. The van der Waals surface area contributed by atoms with E-state index in [1.54, 1.807) is 35.7 Å². The summed E-state index contributed by atoms with van der Waals surface area (Å²) in [5.41, 5.74) is 1.17. The van der Waals surface area contributed by atoms with E-state index in [-0.39, 0.29) is 22.4 Å².